The number of carbonyl (C=O) groups excluding carboxylic acids is 1. The van der Waals surface area contributed by atoms with E-state index in [1.54, 1.807) is 6.07 Å². The largest absolute Gasteiger partial charge is 0.381 e. The number of rotatable bonds is 2. The van der Waals surface area contributed by atoms with E-state index in [0.717, 1.165) is 6.42 Å². The summed E-state index contributed by atoms with van der Waals surface area (Å²) in [5.74, 6) is -0.553. The maximum Gasteiger partial charge on any atom is 0.169 e. The lowest BCUT2D eigenvalue weighted by atomic mass is 9.97. The van der Waals surface area contributed by atoms with Crippen molar-refractivity contribution in [1.29, 1.82) is 0 Å². The molecule has 4 heteroatoms. The molecule has 2 nitrogen and oxygen atoms in total. The van der Waals surface area contributed by atoms with Crippen LogP contribution >= 0.6 is 15.9 Å². The van der Waals surface area contributed by atoms with E-state index in [1.165, 1.54) is 12.1 Å². The molecule has 1 aromatic rings. The van der Waals surface area contributed by atoms with E-state index in [4.69, 9.17) is 4.74 Å². The van der Waals surface area contributed by atoms with E-state index in [-0.39, 0.29) is 17.5 Å². The minimum absolute atomic E-state index is 0.0427. The normalized spacial score (nSPS) is 20.5. The molecule has 0 bridgehead atoms. The van der Waals surface area contributed by atoms with Crippen LogP contribution in [0, 0.1) is 11.7 Å². The van der Waals surface area contributed by atoms with Gasteiger partial charge in [0, 0.05) is 22.6 Å². The number of carbonyl (C=O) groups is 1. The van der Waals surface area contributed by atoms with Gasteiger partial charge in [-0.1, -0.05) is 15.9 Å². The predicted molar refractivity (Wildman–Crippen MR) is 57.4 cm³/mol. The first-order valence-electron chi connectivity index (χ1n) is 4.75. The SMILES string of the molecule is O=C(c1cc(F)ccc1Br)C1CCOC1. The zero-order valence-corrected chi connectivity index (χ0v) is 9.59. The summed E-state index contributed by atoms with van der Waals surface area (Å²) in [6.45, 7) is 1.06. The lowest BCUT2D eigenvalue weighted by molar-refractivity contribution is 0.0899. The van der Waals surface area contributed by atoms with Crippen LogP contribution in [0.15, 0.2) is 22.7 Å². The summed E-state index contributed by atoms with van der Waals surface area (Å²) in [5, 5.41) is 0. The number of ether oxygens (including phenoxy) is 1. The molecule has 1 heterocycles. The summed E-state index contributed by atoms with van der Waals surface area (Å²) in [6, 6.07) is 4.15. The summed E-state index contributed by atoms with van der Waals surface area (Å²) in [7, 11) is 0. The van der Waals surface area contributed by atoms with Gasteiger partial charge in [0.05, 0.1) is 6.61 Å². The average Bonchev–Trinajstić information content (AvgIpc) is 2.74. The van der Waals surface area contributed by atoms with Crippen LogP contribution in [-0.2, 0) is 4.74 Å². The fourth-order valence-corrected chi connectivity index (χ4v) is 2.09. The van der Waals surface area contributed by atoms with Gasteiger partial charge in [0.25, 0.3) is 0 Å². The monoisotopic (exact) mass is 272 g/mol. The number of halogens is 2. The van der Waals surface area contributed by atoms with Crippen molar-refractivity contribution >= 4 is 21.7 Å². The van der Waals surface area contributed by atoms with Crippen molar-refractivity contribution in [3.05, 3.63) is 34.1 Å². The number of hydrogen-bond donors (Lipinski definition) is 0. The van der Waals surface area contributed by atoms with Crippen LogP contribution in [0.3, 0.4) is 0 Å². The van der Waals surface area contributed by atoms with Gasteiger partial charge in [-0.15, -0.1) is 0 Å². The van der Waals surface area contributed by atoms with Gasteiger partial charge in [0.15, 0.2) is 5.78 Å². The molecule has 80 valence electrons. The van der Waals surface area contributed by atoms with Crippen LogP contribution in [0.2, 0.25) is 0 Å². The van der Waals surface area contributed by atoms with Crippen LogP contribution in [0.4, 0.5) is 4.39 Å². The van der Waals surface area contributed by atoms with Gasteiger partial charge in [-0.05, 0) is 24.6 Å². The molecular weight excluding hydrogens is 263 g/mol. The molecule has 0 aliphatic carbocycles. The van der Waals surface area contributed by atoms with E-state index in [0.29, 0.717) is 23.2 Å². The van der Waals surface area contributed by atoms with E-state index in [2.05, 4.69) is 15.9 Å². The van der Waals surface area contributed by atoms with E-state index >= 15 is 0 Å². The molecule has 15 heavy (non-hydrogen) atoms. The van der Waals surface area contributed by atoms with Crippen molar-refractivity contribution in [2.75, 3.05) is 13.2 Å². The minimum atomic E-state index is -0.388. The summed E-state index contributed by atoms with van der Waals surface area (Å²) in [5.41, 5.74) is 0.408. The first-order chi connectivity index (χ1) is 7.18. The summed E-state index contributed by atoms with van der Waals surface area (Å²) in [4.78, 5) is 11.9. The molecule has 1 aliphatic rings. The van der Waals surface area contributed by atoms with Gasteiger partial charge < -0.3 is 4.74 Å². The van der Waals surface area contributed by atoms with Crippen molar-refractivity contribution in [3.63, 3.8) is 0 Å². The molecule has 0 amide bonds. The van der Waals surface area contributed by atoms with Crippen LogP contribution in [-0.4, -0.2) is 19.0 Å². The fraction of sp³-hybridized carbons (Fsp3) is 0.364. The molecule has 0 aromatic heterocycles. The highest BCUT2D eigenvalue weighted by Crippen LogP contribution is 2.24. The zero-order valence-electron chi connectivity index (χ0n) is 8.00. The Balaban J connectivity index is 2.27. The molecule has 1 atom stereocenters. The Morgan fingerprint density at radius 2 is 2.33 bits per heavy atom. The highest BCUT2D eigenvalue weighted by molar-refractivity contribution is 9.10. The van der Waals surface area contributed by atoms with Crippen molar-refractivity contribution in [2.45, 2.75) is 6.42 Å². The second kappa shape index (κ2) is 4.41. The lowest BCUT2D eigenvalue weighted by Crippen LogP contribution is -2.15. The summed E-state index contributed by atoms with van der Waals surface area (Å²) >= 11 is 3.25. The Morgan fingerprint density at radius 3 is 3.00 bits per heavy atom. The average molecular weight is 273 g/mol. The van der Waals surface area contributed by atoms with Gasteiger partial charge in [-0.3, -0.25) is 4.79 Å². The number of Topliss-reactive ketones (excluding diaryl/α,β-unsaturated/α-hetero) is 1. The van der Waals surface area contributed by atoms with E-state index < -0.39 is 0 Å². The van der Waals surface area contributed by atoms with E-state index in [9.17, 15) is 9.18 Å². The van der Waals surface area contributed by atoms with Gasteiger partial charge in [-0.2, -0.15) is 0 Å². The molecule has 0 N–H and O–H groups in total. The Hall–Kier alpha value is -0.740. The van der Waals surface area contributed by atoms with Crippen LogP contribution < -0.4 is 0 Å². The van der Waals surface area contributed by atoms with Crippen molar-refractivity contribution < 1.29 is 13.9 Å². The molecular formula is C11H10BrFO2. The smallest absolute Gasteiger partial charge is 0.169 e. The molecule has 1 saturated heterocycles. The molecule has 2 rings (SSSR count). The molecule has 1 aromatic carbocycles. The summed E-state index contributed by atoms with van der Waals surface area (Å²) in [6.07, 6.45) is 0.724. The van der Waals surface area contributed by atoms with Gasteiger partial charge in [0.2, 0.25) is 0 Å². The van der Waals surface area contributed by atoms with Crippen LogP contribution in [0.1, 0.15) is 16.8 Å². The highest BCUT2D eigenvalue weighted by Gasteiger charge is 2.26. The molecule has 0 radical (unpaired) electrons. The zero-order chi connectivity index (χ0) is 10.8. The topological polar surface area (TPSA) is 26.3 Å². The van der Waals surface area contributed by atoms with Crippen molar-refractivity contribution in [3.8, 4) is 0 Å². The Bertz CT molecular complexity index is 386. The molecule has 0 spiro atoms. The van der Waals surface area contributed by atoms with Gasteiger partial charge in [-0.25, -0.2) is 4.39 Å². The van der Waals surface area contributed by atoms with Gasteiger partial charge >= 0.3 is 0 Å². The Morgan fingerprint density at radius 1 is 1.53 bits per heavy atom. The third-order valence-corrected chi connectivity index (χ3v) is 3.19. The Labute approximate surface area is 95.6 Å². The minimum Gasteiger partial charge on any atom is -0.381 e. The standard InChI is InChI=1S/C11H10BrFO2/c12-10-2-1-8(13)5-9(10)11(14)7-3-4-15-6-7/h1-2,5,7H,3-4,6H2. The van der Waals surface area contributed by atoms with Crippen molar-refractivity contribution in [2.24, 2.45) is 5.92 Å². The number of benzene rings is 1. The molecule has 1 fully saturated rings. The predicted octanol–water partition coefficient (Wildman–Crippen LogP) is 2.81. The Kier molecular flexibility index (Phi) is 3.17. The van der Waals surface area contributed by atoms with E-state index in [1.807, 2.05) is 0 Å². The second-order valence-electron chi connectivity index (χ2n) is 3.55. The second-order valence-corrected chi connectivity index (χ2v) is 4.40. The quantitative estimate of drug-likeness (QED) is 0.774. The maximum absolute atomic E-state index is 13.0. The number of hydrogen-bond acceptors (Lipinski definition) is 2. The van der Waals surface area contributed by atoms with Gasteiger partial charge in [0.1, 0.15) is 5.82 Å². The van der Waals surface area contributed by atoms with Crippen molar-refractivity contribution in [1.82, 2.24) is 0 Å². The lowest BCUT2D eigenvalue weighted by Gasteiger charge is -2.08. The third kappa shape index (κ3) is 2.26. The maximum atomic E-state index is 13.0. The summed E-state index contributed by atoms with van der Waals surface area (Å²) < 4.78 is 18.8. The first kappa shape index (κ1) is 10.8. The molecule has 1 aliphatic heterocycles. The highest BCUT2D eigenvalue weighted by atomic mass is 79.9. The first-order valence-corrected chi connectivity index (χ1v) is 5.55. The third-order valence-electron chi connectivity index (χ3n) is 2.49. The fourth-order valence-electron chi connectivity index (χ4n) is 1.65. The number of ketones is 1. The van der Waals surface area contributed by atoms with Crippen LogP contribution in [0.25, 0.3) is 0 Å². The van der Waals surface area contributed by atoms with Crippen LogP contribution in [0.5, 0.6) is 0 Å². The molecule has 0 saturated carbocycles. The molecule has 1 unspecified atom stereocenters.